The summed E-state index contributed by atoms with van der Waals surface area (Å²) in [4.78, 5) is 102. The van der Waals surface area contributed by atoms with Gasteiger partial charge in [0.1, 0.15) is 36.3 Å². The van der Waals surface area contributed by atoms with Gasteiger partial charge in [0.2, 0.25) is 41.4 Å². The number of carbonyl (C=O) groups excluding carboxylic acids is 7. The fourth-order valence-corrected chi connectivity index (χ4v) is 5.32. The summed E-state index contributed by atoms with van der Waals surface area (Å²) in [6.07, 6.45) is 2.49. The van der Waals surface area contributed by atoms with E-state index in [9.17, 15) is 43.5 Å². The fraction of sp³-hybridized carbons (Fsp3) is 0.758. The van der Waals surface area contributed by atoms with E-state index in [0.29, 0.717) is 38.8 Å². The van der Waals surface area contributed by atoms with Gasteiger partial charge < -0.3 is 53.8 Å². The van der Waals surface area contributed by atoms with Crippen LogP contribution < -0.4 is 48.7 Å². The standard InChI is InChI=1S/C33H59N9O9/c1-17(2)16-24(41-29(46)21-11-9-15-36-21)31(48)38-19(5)27(44)39-22(12-13-25(35)43)30(47)37-20(6)28(45)42-26(18(3)4)32(49)40-23(33(50)51)10-7-8-14-34/h17-24,26,36H,7-16,34H2,1-6H3,(H2,35,43)(H,37,47)(H,38,48)(H,39,44)(H,40,49)(H,41,46)(H,42,45)(H,50,51)/t19-,20-,21-,22-,23-,24-,26-/m0/s1. The van der Waals surface area contributed by atoms with Crippen molar-refractivity contribution in [2.24, 2.45) is 23.3 Å². The predicted octanol–water partition coefficient (Wildman–Crippen LogP) is -2.13. The number of unbranched alkanes of at least 4 members (excludes halogenated alkanes) is 1. The number of aliphatic carboxylic acids is 1. The molecule has 7 atom stereocenters. The molecule has 1 saturated heterocycles. The summed E-state index contributed by atoms with van der Waals surface area (Å²) in [5.74, 6) is -6.37. The van der Waals surface area contributed by atoms with Crippen molar-refractivity contribution in [3.05, 3.63) is 0 Å². The summed E-state index contributed by atoms with van der Waals surface area (Å²) in [5, 5.41) is 27.9. The van der Waals surface area contributed by atoms with Crippen molar-refractivity contribution in [2.45, 2.75) is 135 Å². The van der Waals surface area contributed by atoms with Crippen molar-refractivity contribution < 1.29 is 43.5 Å². The molecule has 1 aliphatic heterocycles. The molecule has 0 aromatic carbocycles. The normalized spacial score (nSPS) is 17.6. The Bertz CT molecular complexity index is 1220. The van der Waals surface area contributed by atoms with Crippen LogP contribution in [0.5, 0.6) is 0 Å². The maximum atomic E-state index is 13.3. The second kappa shape index (κ2) is 22.5. The number of nitrogens with two attached hydrogens (primary N) is 2. The van der Waals surface area contributed by atoms with Crippen LogP contribution in [-0.4, -0.2) is 108 Å². The van der Waals surface area contributed by atoms with Crippen LogP contribution in [-0.2, 0) is 38.4 Å². The van der Waals surface area contributed by atoms with Crippen LogP contribution in [0.15, 0.2) is 0 Å². The summed E-state index contributed by atoms with van der Waals surface area (Å²) < 4.78 is 0. The molecule has 0 aromatic heterocycles. The zero-order valence-electron chi connectivity index (χ0n) is 30.6. The maximum Gasteiger partial charge on any atom is 0.326 e. The molecular weight excluding hydrogens is 666 g/mol. The second-order valence-electron chi connectivity index (χ2n) is 13.8. The minimum atomic E-state index is -1.34. The number of carboxylic acids is 1. The Morgan fingerprint density at radius 2 is 1.27 bits per heavy atom. The van der Waals surface area contributed by atoms with Crippen molar-refractivity contribution in [2.75, 3.05) is 13.1 Å². The highest BCUT2D eigenvalue weighted by molar-refractivity contribution is 5.97. The highest BCUT2D eigenvalue weighted by atomic mass is 16.4. The first-order valence-electron chi connectivity index (χ1n) is 17.6. The minimum Gasteiger partial charge on any atom is -0.480 e. The van der Waals surface area contributed by atoms with Gasteiger partial charge in [0.05, 0.1) is 6.04 Å². The van der Waals surface area contributed by atoms with Crippen LogP contribution in [0, 0.1) is 11.8 Å². The largest absolute Gasteiger partial charge is 0.480 e. The van der Waals surface area contributed by atoms with Gasteiger partial charge in [-0.25, -0.2) is 4.79 Å². The first-order valence-corrected chi connectivity index (χ1v) is 17.6. The number of rotatable bonds is 23. The average Bonchev–Trinajstić information content (AvgIpc) is 3.59. The molecule has 0 bridgehead atoms. The Balaban J connectivity index is 2.94. The van der Waals surface area contributed by atoms with E-state index in [4.69, 9.17) is 11.5 Å². The van der Waals surface area contributed by atoms with E-state index in [1.165, 1.54) is 13.8 Å². The smallest absolute Gasteiger partial charge is 0.326 e. The lowest BCUT2D eigenvalue weighted by Gasteiger charge is -2.27. The molecule has 18 heteroatoms. The summed E-state index contributed by atoms with van der Waals surface area (Å²) in [6, 6.07) is -7.37. The maximum absolute atomic E-state index is 13.3. The van der Waals surface area contributed by atoms with Crippen LogP contribution in [0.25, 0.3) is 0 Å². The lowest BCUT2D eigenvalue weighted by atomic mass is 10.0. The Kier molecular flexibility index (Phi) is 19.7. The van der Waals surface area contributed by atoms with Crippen molar-refractivity contribution in [3.8, 4) is 0 Å². The van der Waals surface area contributed by atoms with Gasteiger partial charge in [0.15, 0.2) is 0 Å². The van der Waals surface area contributed by atoms with Crippen LogP contribution in [0.2, 0.25) is 0 Å². The summed E-state index contributed by atoms with van der Waals surface area (Å²) >= 11 is 0. The van der Waals surface area contributed by atoms with E-state index in [1.807, 2.05) is 13.8 Å². The van der Waals surface area contributed by atoms with Gasteiger partial charge in [0.25, 0.3) is 0 Å². The molecule has 0 radical (unpaired) electrons. The Morgan fingerprint density at radius 3 is 1.76 bits per heavy atom. The van der Waals surface area contributed by atoms with Gasteiger partial charge >= 0.3 is 5.97 Å². The Hall–Kier alpha value is -4.32. The average molecular weight is 726 g/mol. The van der Waals surface area contributed by atoms with E-state index in [2.05, 4.69) is 37.2 Å². The first-order chi connectivity index (χ1) is 23.9. The molecule has 0 unspecified atom stereocenters. The quantitative estimate of drug-likeness (QED) is 0.0508. The third-order valence-electron chi connectivity index (χ3n) is 8.34. The Morgan fingerprint density at radius 1 is 0.706 bits per heavy atom. The Labute approximate surface area is 299 Å². The molecule has 7 amide bonds. The highest BCUT2D eigenvalue weighted by Gasteiger charge is 2.33. The SMILES string of the molecule is CC(C)C[C@H](NC(=O)[C@@H]1CCCN1)C(=O)N[C@@H](C)C(=O)N[C@@H](CCC(N)=O)C(=O)N[C@@H](C)C(=O)N[C@H](C(=O)N[C@@H](CCCCN)C(=O)O)C(C)C. The van der Waals surface area contributed by atoms with Gasteiger partial charge in [-0.15, -0.1) is 0 Å². The first kappa shape index (κ1) is 44.7. The third-order valence-corrected chi connectivity index (χ3v) is 8.34. The van der Waals surface area contributed by atoms with Crippen LogP contribution >= 0.6 is 0 Å². The topological polar surface area (TPSA) is 293 Å². The van der Waals surface area contributed by atoms with Gasteiger partial charge in [-0.3, -0.25) is 33.6 Å². The van der Waals surface area contributed by atoms with Crippen LogP contribution in [0.4, 0.5) is 0 Å². The molecule has 18 nitrogen and oxygen atoms in total. The molecule has 0 spiro atoms. The molecule has 0 aliphatic carbocycles. The van der Waals surface area contributed by atoms with Crippen LogP contribution in [0.3, 0.4) is 0 Å². The van der Waals surface area contributed by atoms with Crippen molar-refractivity contribution >= 4 is 47.3 Å². The summed E-state index contributed by atoms with van der Waals surface area (Å²) in [7, 11) is 0. The summed E-state index contributed by atoms with van der Waals surface area (Å²) in [5.41, 5.74) is 10.8. The molecule has 290 valence electrons. The number of nitrogens with one attached hydrogen (secondary N) is 7. The lowest BCUT2D eigenvalue weighted by molar-refractivity contribution is -0.143. The molecule has 51 heavy (non-hydrogen) atoms. The number of hydrogen-bond donors (Lipinski definition) is 10. The monoisotopic (exact) mass is 725 g/mol. The number of primary amides is 1. The van der Waals surface area contributed by atoms with Crippen molar-refractivity contribution in [1.82, 2.24) is 37.2 Å². The molecule has 12 N–H and O–H groups in total. The van der Waals surface area contributed by atoms with Gasteiger partial charge in [0, 0.05) is 6.42 Å². The molecule has 1 aliphatic rings. The number of amides is 7. The highest BCUT2D eigenvalue weighted by Crippen LogP contribution is 2.10. The fourth-order valence-electron chi connectivity index (χ4n) is 5.32. The van der Waals surface area contributed by atoms with Gasteiger partial charge in [-0.2, -0.15) is 0 Å². The van der Waals surface area contributed by atoms with Crippen molar-refractivity contribution in [1.29, 1.82) is 0 Å². The minimum absolute atomic E-state index is 0.0427. The molecule has 1 rings (SSSR count). The van der Waals surface area contributed by atoms with E-state index in [1.54, 1.807) is 13.8 Å². The molecule has 1 fully saturated rings. The zero-order chi connectivity index (χ0) is 38.8. The molecular formula is C33H59N9O9. The zero-order valence-corrected chi connectivity index (χ0v) is 30.6. The summed E-state index contributed by atoms with van der Waals surface area (Å²) in [6.45, 7) is 10.9. The van der Waals surface area contributed by atoms with E-state index in [0.717, 1.165) is 6.42 Å². The number of carbonyl (C=O) groups is 8. The van der Waals surface area contributed by atoms with Crippen molar-refractivity contribution in [3.63, 3.8) is 0 Å². The van der Waals surface area contributed by atoms with E-state index < -0.39 is 89.6 Å². The van der Waals surface area contributed by atoms with Gasteiger partial charge in [-0.05, 0) is 83.7 Å². The van der Waals surface area contributed by atoms with E-state index in [-0.39, 0.29) is 31.1 Å². The molecule has 0 saturated carbocycles. The number of carboxylic acid groups (broad SMARTS) is 1. The predicted molar refractivity (Wildman–Crippen MR) is 187 cm³/mol. The lowest BCUT2D eigenvalue weighted by Crippen LogP contribution is -2.59. The van der Waals surface area contributed by atoms with E-state index >= 15 is 0 Å². The molecule has 0 aromatic rings. The van der Waals surface area contributed by atoms with Crippen LogP contribution in [0.1, 0.15) is 92.9 Å². The second-order valence-corrected chi connectivity index (χ2v) is 13.8. The van der Waals surface area contributed by atoms with Gasteiger partial charge in [-0.1, -0.05) is 27.7 Å². The number of hydrogen-bond acceptors (Lipinski definition) is 10. The third kappa shape index (κ3) is 16.5. The molecule has 1 heterocycles.